The summed E-state index contributed by atoms with van der Waals surface area (Å²) in [7, 11) is 1.67. The molecule has 1 rings (SSSR count). The number of nitrogens with zero attached hydrogens (tertiary/aromatic N) is 2. The van der Waals surface area contributed by atoms with Gasteiger partial charge in [-0.2, -0.15) is 5.10 Å². The molecule has 0 aliphatic rings. The SMILES string of the molecule is C[C@H](NC(=O)c1cc(C(=O)N[C@H](C)C(C)(C)C)n(C)n1)C(C)(C)C. The lowest BCUT2D eigenvalue weighted by atomic mass is 9.88. The van der Waals surface area contributed by atoms with E-state index in [0.717, 1.165) is 0 Å². The number of hydrogen-bond donors (Lipinski definition) is 2. The van der Waals surface area contributed by atoms with Gasteiger partial charge in [0.2, 0.25) is 0 Å². The Morgan fingerprint density at radius 1 is 0.958 bits per heavy atom. The van der Waals surface area contributed by atoms with E-state index in [2.05, 4.69) is 57.3 Å². The number of amides is 2. The molecule has 1 heterocycles. The third kappa shape index (κ3) is 5.08. The van der Waals surface area contributed by atoms with Crippen LogP contribution in [0, 0.1) is 10.8 Å². The van der Waals surface area contributed by atoms with Gasteiger partial charge in [-0.3, -0.25) is 14.3 Å². The summed E-state index contributed by atoms with van der Waals surface area (Å²) in [4.78, 5) is 24.8. The zero-order valence-corrected chi connectivity index (χ0v) is 16.4. The normalized spacial score (nSPS) is 14.9. The summed E-state index contributed by atoms with van der Waals surface area (Å²) < 4.78 is 1.45. The van der Waals surface area contributed by atoms with E-state index < -0.39 is 0 Å². The summed E-state index contributed by atoms with van der Waals surface area (Å²) in [5.41, 5.74) is 0.533. The molecule has 0 aromatic carbocycles. The molecule has 6 nitrogen and oxygen atoms in total. The molecule has 2 N–H and O–H groups in total. The van der Waals surface area contributed by atoms with Gasteiger partial charge in [-0.15, -0.1) is 0 Å². The van der Waals surface area contributed by atoms with Crippen molar-refractivity contribution in [3.63, 3.8) is 0 Å². The summed E-state index contributed by atoms with van der Waals surface area (Å²) in [6, 6.07) is 1.53. The molecule has 6 heteroatoms. The number of rotatable bonds is 4. The summed E-state index contributed by atoms with van der Waals surface area (Å²) >= 11 is 0. The number of hydrogen-bond acceptors (Lipinski definition) is 3. The van der Waals surface area contributed by atoms with Gasteiger partial charge in [0, 0.05) is 25.2 Å². The topological polar surface area (TPSA) is 76.0 Å². The largest absolute Gasteiger partial charge is 0.348 e. The number of aryl methyl sites for hydroxylation is 1. The predicted octanol–water partition coefficient (Wildman–Crippen LogP) is 2.75. The van der Waals surface area contributed by atoms with Crippen molar-refractivity contribution in [1.82, 2.24) is 20.4 Å². The number of carbonyl (C=O) groups excluding carboxylic acids is 2. The highest BCUT2D eigenvalue weighted by atomic mass is 16.2. The van der Waals surface area contributed by atoms with Crippen LogP contribution in [0.4, 0.5) is 0 Å². The highest BCUT2D eigenvalue weighted by Crippen LogP contribution is 2.20. The number of aromatic nitrogens is 2. The first-order chi connectivity index (χ1) is 10.7. The molecule has 1 aromatic heterocycles. The lowest BCUT2D eigenvalue weighted by Gasteiger charge is -2.28. The van der Waals surface area contributed by atoms with Crippen molar-refractivity contribution in [3.8, 4) is 0 Å². The first kappa shape index (κ1) is 20.2. The van der Waals surface area contributed by atoms with Crippen LogP contribution < -0.4 is 10.6 Å². The average molecular weight is 336 g/mol. The molecule has 0 aliphatic heterocycles. The molecule has 24 heavy (non-hydrogen) atoms. The van der Waals surface area contributed by atoms with Gasteiger partial charge < -0.3 is 10.6 Å². The Labute approximate surface area is 145 Å². The van der Waals surface area contributed by atoms with Gasteiger partial charge in [-0.05, 0) is 24.7 Å². The van der Waals surface area contributed by atoms with E-state index in [4.69, 9.17) is 0 Å². The molecule has 1 aromatic rings. The Morgan fingerprint density at radius 3 is 1.79 bits per heavy atom. The third-order valence-electron chi connectivity index (χ3n) is 4.64. The van der Waals surface area contributed by atoms with Crippen LogP contribution >= 0.6 is 0 Å². The Balaban J connectivity index is 2.88. The smallest absolute Gasteiger partial charge is 0.272 e. The number of nitrogens with one attached hydrogen (secondary N) is 2. The fourth-order valence-electron chi connectivity index (χ4n) is 1.76. The summed E-state index contributed by atoms with van der Waals surface area (Å²) in [5.74, 6) is -0.494. The van der Waals surface area contributed by atoms with Gasteiger partial charge in [0.1, 0.15) is 5.69 Å². The molecule has 0 unspecified atom stereocenters. The molecule has 0 saturated heterocycles. The van der Waals surface area contributed by atoms with Crippen LogP contribution in [0.3, 0.4) is 0 Å². The minimum absolute atomic E-state index is 0.00177. The maximum absolute atomic E-state index is 12.4. The van der Waals surface area contributed by atoms with E-state index in [1.54, 1.807) is 7.05 Å². The van der Waals surface area contributed by atoms with Gasteiger partial charge in [0.05, 0.1) is 0 Å². The maximum atomic E-state index is 12.4. The highest BCUT2D eigenvalue weighted by Gasteiger charge is 2.26. The van der Waals surface area contributed by atoms with E-state index in [9.17, 15) is 9.59 Å². The quantitative estimate of drug-likeness (QED) is 0.887. The fraction of sp³-hybridized carbons (Fsp3) is 0.722. The maximum Gasteiger partial charge on any atom is 0.272 e. The second kappa shape index (κ2) is 6.95. The van der Waals surface area contributed by atoms with Crippen molar-refractivity contribution < 1.29 is 9.59 Å². The molecule has 0 radical (unpaired) electrons. The molecule has 0 saturated carbocycles. The summed E-state index contributed by atoms with van der Waals surface area (Å²) in [5, 5.41) is 10.1. The zero-order chi connectivity index (χ0) is 18.9. The second-order valence-electron chi connectivity index (χ2n) is 8.66. The minimum atomic E-state index is -0.268. The van der Waals surface area contributed by atoms with Crippen molar-refractivity contribution in [2.45, 2.75) is 67.5 Å². The monoisotopic (exact) mass is 336 g/mol. The molecular formula is C18H32N4O2. The van der Waals surface area contributed by atoms with E-state index in [0.29, 0.717) is 5.69 Å². The van der Waals surface area contributed by atoms with Crippen molar-refractivity contribution in [2.24, 2.45) is 17.9 Å². The zero-order valence-electron chi connectivity index (χ0n) is 16.4. The minimum Gasteiger partial charge on any atom is -0.348 e. The Morgan fingerprint density at radius 2 is 1.38 bits per heavy atom. The first-order valence-electron chi connectivity index (χ1n) is 8.39. The van der Waals surface area contributed by atoms with Crippen molar-refractivity contribution in [2.75, 3.05) is 0 Å². The highest BCUT2D eigenvalue weighted by molar-refractivity contribution is 5.98. The Bertz CT molecular complexity index is 606. The molecule has 2 atom stereocenters. The van der Waals surface area contributed by atoms with Crippen LogP contribution in [0.2, 0.25) is 0 Å². The average Bonchev–Trinajstić information content (AvgIpc) is 2.78. The van der Waals surface area contributed by atoms with Gasteiger partial charge in [0.25, 0.3) is 11.8 Å². The Kier molecular flexibility index (Phi) is 5.85. The lowest BCUT2D eigenvalue weighted by Crippen LogP contribution is -2.42. The van der Waals surface area contributed by atoms with Crippen LogP contribution in [-0.4, -0.2) is 33.7 Å². The standard InChI is InChI=1S/C18H32N4O2/c1-11(17(3,4)5)19-15(23)13-10-14(22(9)21-13)16(24)20-12(2)18(6,7)8/h10-12H,1-9H3,(H,19,23)(H,20,24)/t11-,12+/m0/s1. The van der Waals surface area contributed by atoms with Gasteiger partial charge in [0.15, 0.2) is 5.69 Å². The van der Waals surface area contributed by atoms with Crippen molar-refractivity contribution >= 4 is 11.8 Å². The van der Waals surface area contributed by atoms with Crippen LogP contribution in [0.25, 0.3) is 0 Å². The number of carbonyl (C=O) groups is 2. The molecule has 0 bridgehead atoms. The summed E-state index contributed by atoms with van der Waals surface area (Å²) in [6.07, 6.45) is 0. The van der Waals surface area contributed by atoms with E-state index >= 15 is 0 Å². The van der Waals surface area contributed by atoms with Gasteiger partial charge >= 0.3 is 0 Å². The third-order valence-corrected chi connectivity index (χ3v) is 4.64. The first-order valence-corrected chi connectivity index (χ1v) is 8.39. The Hall–Kier alpha value is -1.85. The van der Waals surface area contributed by atoms with Crippen LogP contribution in [0.15, 0.2) is 6.07 Å². The summed E-state index contributed by atoms with van der Waals surface area (Å²) in [6.45, 7) is 16.3. The molecule has 0 spiro atoms. The van der Waals surface area contributed by atoms with E-state index in [-0.39, 0.29) is 40.4 Å². The molecule has 2 amide bonds. The molecule has 0 fully saturated rings. The van der Waals surface area contributed by atoms with Crippen LogP contribution in [0.1, 0.15) is 76.4 Å². The molecule has 0 aliphatic carbocycles. The lowest BCUT2D eigenvalue weighted by molar-refractivity contribution is 0.0895. The van der Waals surface area contributed by atoms with Gasteiger partial charge in [-0.25, -0.2) is 0 Å². The van der Waals surface area contributed by atoms with Crippen LogP contribution in [0.5, 0.6) is 0 Å². The molecular weight excluding hydrogens is 304 g/mol. The van der Waals surface area contributed by atoms with Gasteiger partial charge in [-0.1, -0.05) is 41.5 Å². The van der Waals surface area contributed by atoms with Crippen molar-refractivity contribution in [3.05, 3.63) is 17.5 Å². The van der Waals surface area contributed by atoms with Crippen molar-refractivity contribution in [1.29, 1.82) is 0 Å². The fourth-order valence-corrected chi connectivity index (χ4v) is 1.76. The van der Waals surface area contributed by atoms with Crippen LogP contribution in [-0.2, 0) is 7.05 Å². The van der Waals surface area contributed by atoms with E-state index in [1.165, 1.54) is 10.7 Å². The second-order valence-corrected chi connectivity index (χ2v) is 8.66. The molecule has 136 valence electrons. The van der Waals surface area contributed by atoms with E-state index in [1.807, 2.05) is 13.8 Å². The predicted molar refractivity (Wildman–Crippen MR) is 96.0 cm³/mol.